The summed E-state index contributed by atoms with van der Waals surface area (Å²) in [4.78, 5) is 21.7. The third-order valence-corrected chi connectivity index (χ3v) is 2.77. The molecule has 2 rings (SSSR count). The Morgan fingerprint density at radius 1 is 1.18 bits per heavy atom. The predicted molar refractivity (Wildman–Crippen MR) is 78.5 cm³/mol. The number of benzene rings is 2. The fourth-order valence-electron chi connectivity index (χ4n) is 1.69. The van der Waals surface area contributed by atoms with Gasteiger partial charge in [-0.05, 0) is 12.1 Å². The zero-order chi connectivity index (χ0) is 15.9. The lowest BCUT2D eigenvalue weighted by atomic mass is 10.2. The molecule has 0 fully saturated rings. The number of amides is 2. The van der Waals surface area contributed by atoms with Crippen molar-refractivity contribution in [2.45, 2.75) is 6.54 Å². The van der Waals surface area contributed by atoms with E-state index in [-0.39, 0.29) is 12.2 Å². The molecule has 114 valence electrons. The van der Waals surface area contributed by atoms with E-state index in [0.29, 0.717) is 11.3 Å². The number of hydrogen-bond acceptors (Lipinski definition) is 4. The third-order valence-electron chi connectivity index (χ3n) is 2.77. The first-order valence-corrected chi connectivity index (χ1v) is 6.34. The molecule has 0 saturated carbocycles. The SMILES string of the molecule is O=C(NCc1ccccc1F)NNc1cccc([N+](=O)[O-])c1. The Bertz CT molecular complexity index is 693. The second kappa shape index (κ2) is 7.02. The van der Waals surface area contributed by atoms with Crippen LogP contribution in [0.4, 0.5) is 20.6 Å². The van der Waals surface area contributed by atoms with E-state index < -0.39 is 16.8 Å². The van der Waals surface area contributed by atoms with Gasteiger partial charge in [0.2, 0.25) is 0 Å². The minimum Gasteiger partial charge on any atom is -0.333 e. The first-order valence-electron chi connectivity index (χ1n) is 6.34. The smallest absolute Gasteiger partial charge is 0.333 e. The summed E-state index contributed by atoms with van der Waals surface area (Å²) in [6, 6.07) is 11.2. The second-order valence-corrected chi connectivity index (χ2v) is 4.33. The van der Waals surface area contributed by atoms with Crippen LogP contribution < -0.4 is 16.2 Å². The average molecular weight is 304 g/mol. The van der Waals surface area contributed by atoms with Crippen molar-refractivity contribution in [2.24, 2.45) is 0 Å². The van der Waals surface area contributed by atoms with Gasteiger partial charge in [-0.1, -0.05) is 24.3 Å². The summed E-state index contributed by atoms with van der Waals surface area (Å²) in [6.45, 7) is 0.0229. The van der Waals surface area contributed by atoms with E-state index in [1.807, 2.05) is 0 Å². The molecule has 8 heteroatoms. The number of anilines is 1. The zero-order valence-corrected chi connectivity index (χ0v) is 11.4. The maximum Gasteiger partial charge on any atom is 0.333 e. The molecule has 0 aliphatic rings. The number of urea groups is 1. The molecule has 2 aromatic rings. The first-order chi connectivity index (χ1) is 10.6. The number of nitro benzene ring substituents is 1. The molecule has 0 spiro atoms. The summed E-state index contributed by atoms with van der Waals surface area (Å²) in [5.41, 5.74) is 5.45. The normalized spacial score (nSPS) is 9.86. The van der Waals surface area contributed by atoms with Gasteiger partial charge >= 0.3 is 6.03 Å². The lowest BCUT2D eigenvalue weighted by Gasteiger charge is -2.10. The summed E-state index contributed by atoms with van der Waals surface area (Å²) in [5, 5.41) is 13.1. The molecule has 0 aromatic heterocycles. The van der Waals surface area contributed by atoms with E-state index >= 15 is 0 Å². The Morgan fingerprint density at radius 3 is 2.68 bits per heavy atom. The molecule has 2 aromatic carbocycles. The topological polar surface area (TPSA) is 96.3 Å². The van der Waals surface area contributed by atoms with Gasteiger partial charge in [0.15, 0.2) is 0 Å². The minimum atomic E-state index is -0.588. The van der Waals surface area contributed by atoms with Crippen molar-refractivity contribution in [1.29, 1.82) is 0 Å². The lowest BCUT2D eigenvalue weighted by molar-refractivity contribution is -0.384. The molecular weight excluding hydrogens is 291 g/mol. The summed E-state index contributed by atoms with van der Waals surface area (Å²) in [5.74, 6) is -0.408. The van der Waals surface area contributed by atoms with Gasteiger partial charge in [0, 0.05) is 24.2 Å². The summed E-state index contributed by atoms with van der Waals surface area (Å²) >= 11 is 0. The highest BCUT2D eigenvalue weighted by Gasteiger charge is 2.07. The van der Waals surface area contributed by atoms with Gasteiger partial charge in [0.1, 0.15) is 5.82 Å². The first kappa shape index (κ1) is 15.2. The minimum absolute atomic E-state index is 0.0229. The molecule has 0 heterocycles. The molecule has 0 atom stereocenters. The number of nitrogens with one attached hydrogen (secondary N) is 3. The fraction of sp³-hybridized carbons (Fsp3) is 0.0714. The van der Waals surface area contributed by atoms with Gasteiger partial charge in [-0.3, -0.25) is 21.0 Å². The molecular formula is C14H13FN4O3. The fourth-order valence-corrected chi connectivity index (χ4v) is 1.69. The number of halogens is 1. The van der Waals surface area contributed by atoms with Crippen LogP contribution in [0.1, 0.15) is 5.56 Å². The molecule has 0 saturated heterocycles. The summed E-state index contributed by atoms with van der Waals surface area (Å²) in [6.07, 6.45) is 0. The average Bonchev–Trinajstić information content (AvgIpc) is 2.52. The number of carbonyl (C=O) groups excluding carboxylic acids is 1. The lowest BCUT2D eigenvalue weighted by Crippen LogP contribution is -2.38. The van der Waals surface area contributed by atoms with Gasteiger partial charge in [-0.15, -0.1) is 0 Å². The van der Waals surface area contributed by atoms with Crippen LogP contribution in [0.2, 0.25) is 0 Å². The highest BCUT2D eigenvalue weighted by atomic mass is 19.1. The van der Waals surface area contributed by atoms with E-state index in [2.05, 4.69) is 16.2 Å². The molecule has 7 nitrogen and oxygen atoms in total. The number of non-ortho nitro benzene ring substituents is 1. The number of hydrazine groups is 1. The van der Waals surface area contributed by atoms with Crippen molar-refractivity contribution in [3.63, 3.8) is 0 Å². The Kier molecular flexibility index (Phi) is 4.86. The van der Waals surface area contributed by atoms with Crippen molar-refractivity contribution in [2.75, 3.05) is 5.43 Å². The quantitative estimate of drug-likeness (QED) is 0.584. The molecule has 22 heavy (non-hydrogen) atoms. The van der Waals surface area contributed by atoms with Crippen molar-refractivity contribution < 1.29 is 14.1 Å². The number of carbonyl (C=O) groups is 1. The second-order valence-electron chi connectivity index (χ2n) is 4.33. The van der Waals surface area contributed by atoms with Gasteiger partial charge in [-0.25, -0.2) is 9.18 Å². The number of rotatable bonds is 5. The third kappa shape index (κ3) is 4.17. The molecule has 0 unspecified atom stereocenters. The zero-order valence-electron chi connectivity index (χ0n) is 11.4. The highest BCUT2D eigenvalue weighted by molar-refractivity contribution is 5.75. The maximum atomic E-state index is 13.4. The predicted octanol–water partition coefficient (Wildman–Crippen LogP) is 2.56. The van der Waals surface area contributed by atoms with Crippen LogP contribution in [0.25, 0.3) is 0 Å². The number of nitrogens with zero attached hydrogens (tertiary/aromatic N) is 1. The van der Waals surface area contributed by atoms with Crippen LogP contribution in [0, 0.1) is 15.9 Å². The monoisotopic (exact) mass is 304 g/mol. The molecule has 0 bridgehead atoms. The van der Waals surface area contributed by atoms with Crippen molar-refractivity contribution in [3.05, 3.63) is 70.0 Å². The van der Waals surface area contributed by atoms with Crippen molar-refractivity contribution in [3.8, 4) is 0 Å². The highest BCUT2D eigenvalue weighted by Crippen LogP contribution is 2.16. The molecule has 0 aliphatic carbocycles. The Labute approximate surface area is 125 Å². The van der Waals surface area contributed by atoms with Gasteiger partial charge in [-0.2, -0.15) is 0 Å². The van der Waals surface area contributed by atoms with Gasteiger partial charge < -0.3 is 5.32 Å². The molecule has 0 radical (unpaired) electrons. The van der Waals surface area contributed by atoms with Crippen molar-refractivity contribution in [1.82, 2.24) is 10.7 Å². The van der Waals surface area contributed by atoms with Crippen molar-refractivity contribution >= 4 is 17.4 Å². The van der Waals surface area contributed by atoms with Crippen LogP contribution in [0.5, 0.6) is 0 Å². The molecule has 3 N–H and O–H groups in total. The summed E-state index contributed by atoms with van der Waals surface area (Å²) in [7, 11) is 0. The standard InChI is InChI=1S/C14H13FN4O3/c15-13-7-2-1-4-10(13)9-16-14(20)18-17-11-5-3-6-12(8-11)19(21)22/h1-8,17H,9H2,(H2,16,18,20). The Morgan fingerprint density at radius 2 is 1.95 bits per heavy atom. The largest absolute Gasteiger partial charge is 0.333 e. The molecule has 0 aliphatic heterocycles. The van der Waals surface area contributed by atoms with Crippen LogP contribution in [0.3, 0.4) is 0 Å². The van der Waals surface area contributed by atoms with Gasteiger partial charge in [0.05, 0.1) is 10.6 Å². The Balaban J connectivity index is 1.84. The number of nitro groups is 1. The van der Waals surface area contributed by atoms with E-state index in [0.717, 1.165) is 0 Å². The van der Waals surface area contributed by atoms with Crippen LogP contribution >= 0.6 is 0 Å². The van der Waals surface area contributed by atoms with Gasteiger partial charge in [0.25, 0.3) is 5.69 Å². The van der Waals surface area contributed by atoms with E-state index in [1.54, 1.807) is 24.3 Å². The number of hydrogen-bond donors (Lipinski definition) is 3. The van der Waals surface area contributed by atoms with Crippen LogP contribution in [-0.2, 0) is 6.54 Å². The van der Waals surface area contributed by atoms with E-state index in [4.69, 9.17) is 0 Å². The van der Waals surface area contributed by atoms with Crippen LogP contribution in [0.15, 0.2) is 48.5 Å². The molecule has 2 amide bonds. The maximum absolute atomic E-state index is 13.4. The van der Waals surface area contributed by atoms with Crippen LogP contribution in [-0.4, -0.2) is 11.0 Å². The Hall–Kier alpha value is -3.16. The summed E-state index contributed by atoms with van der Waals surface area (Å²) < 4.78 is 13.4. The van der Waals surface area contributed by atoms with E-state index in [9.17, 15) is 19.3 Å². The van der Waals surface area contributed by atoms with E-state index in [1.165, 1.54) is 24.3 Å².